The van der Waals surface area contributed by atoms with E-state index >= 15 is 0 Å². The molecule has 0 unspecified atom stereocenters. The Morgan fingerprint density at radius 1 is 1.56 bits per heavy atom. The maximum Gasteiger partial charge on any atom is 0.375 e. The van der Waals surface area contributed by atoms with Crippen LogP contribution in [-0.2, 0) is 4.74 Å². The first-order valence-corrected chi connectivity index (χ1v) is 4.81. The summed E-state index contributed by atoms with van der Waals surface area (Å²) in [6.45, 7) is 2.04. The topological polar surface area (TPSA) is 80.8 Å². The molecule has 2 rings (SSSR count). The van der Waals surface area contributed by atoms with Crippen LogP contribution in [0.25, 0.3) is 11.4 Å². The monoisotopic (exact) mass is 218 g/mol. The molecule has 0 spiro atoms. The average molecular weight is 218 g/mol. The van der Waals surface area contributed by atoms with Crippen LogP contribution in [0, 0.1) is 0 Å². The van der Waals surface area contributed by atoms with Gasteiger partial charge >= 0.3 is 5.97 Å². The van der Waals surface area contributed by atoms with Gasteiger partial charge in [-0.1, -0.05) is 0 Å². The van der Waals surface area contributed by atoms with Crippen LogP contribution >= 0.6 is 0 Å². The molecule has 0 radical (unpaired) electrons. The number of rotatable bonds is 3. The molecule has 0 aliphatic heterocycles. The fraction of sp³-hybridized carbons (Fsp3) is 0.200. The Hall–Kier alpha value is -2.24. The lowest BCUT2D eigenvalue weighted by Gasteiger charge is -1.95. The van der Waals surface area contributed by atoms with E-state index in [2.05, 4.69) is 20.2 Å². The molecule has 0 saturated carbocycles. The Morgan fingerprint density at radius 3 is 3.12 bits per heavy atom. The van der Waals surface area contributed by atoms with Crippen LogP contribution in [0.5, 0.6) is 0 Å². The molecule has 0 bridgehead atoms. The second kappa shape index (κ2) is 4.52. The van der Waals surface area contributed by atoms with E-state index in [0.29, 0.717) is 12.4 Å². The minimum Gasteiger partial charge on any atom is -0.460 e. The fourth-order valence-corrected chi connectivity index (χ4v) is 1.18. The van der Waals surface area contributed by atoms with Gasteiger partial charge in [-0.15, -0.1) is 0 Å². The summed E-state index contributed by atoms with van der Waals surface area (Å²) in [5.41, 5.74) is 0.745. The van der Waals surface area contributed by atoms with Crippen molar-refractivity contribution < 1.29 is 9.53 Å². The van der Waals surface area contributed by atoms with Crippen molar-refractivity contribution in [2.45, 2.75) is 6.92 Å². The Kier molecular flexibility index (Phi) is 2.90. The largest absolute Gasteiger partial charge is 0.460 e. The molecular formula is C10H10N4O2. The molecule has 0 aliphatic rings. The number of carbonyl (C=O) groups is 1. The maximum atomic E-state index is 11.3. The van der Waals surface area contributed by atoms with E-state index in [4.69, 9.17) is 4.74 Å². The summed E-state index contributed by atoms with van der Waals surface area (Å²) in [4.78, 5) is 19.3. The van der Waals surface area contributed by atoms with Crippen molar-refractivity contribution in [2.24, 2.45) is 0 Å². The van der Waals surface area contributed by atoms with Crippen LogP contribution in [0.3, 0.4) is 0 Å². The Bertz CT molecular complexity index is 481. The predicted octanol–water partition coefficient (Wildman–Crippen LogP) is 1.04. The second-order valence-corrected chi connectivity index (χ2v) is 2.97. The van der Waals surface area contributed by atoms with Gasteiger partial charge in [-0.05, 0) is 19.1 Å². The molecule has 0 aromatic carbocycles. The van der Waals surface area contributed by atoms with Crippen LogP contribution in [0.1, 0.15) is 17.5 Å². The molecule has 2 aromatic heterocycles. The van der Waals surface area contributed by atoms with Gasteiger partial charge in [-0.2, -0.15) is 5.10 Å². The molecule has 16 heavy (non-hydrogen) atoms. The average Bonchev–Trinajstić information content (AvgIpc) is 2.80. The third-order valence-electron chi connectivity index (χ3n) is 1.87. The normalized spacial score (nSPS) is 10.1. The molecule has 6 nitrogen and oxygen atoms in total. The number of hydrogen-bond donors (Lipinski definition) is 1. The number of hydrogen-bond acceptors (Lipinski definition) is 5. The van der Waals surface area contributed by atoms with Crippen molar-refractivity contribution in [1.82, 2.24) is 20.2 Å². The Labute approximate surface area is 91.7 Å². The van der Waals surface area contributed by atoms with Gasteiger partial charge in [0.1, 0.15) is 0 Å². The SMILES string of the molecule is CCOC(=O)c1nc(-c2cccnc2)n[nH]1. The van der Waals surface area contributed by atoms with Gasteiger partial charge in [0.15, 0.2) is 5.82 Å². The van der Waals surface area contributed by atoms with Crippen molar-refractivity contribution >= 4 is 5.97 Å². The number of nitrogens with zero attached hydrogens (tertiary/aromatic N) is 3. The standard InChI is InChI=1S/C10H10N4O2/c1-2-16-10(15)9-12-8(13-14-9)7-4-3-5-11-6-7/h3-6H,2H2,1H3,(H,12,13,14). The number of esters is 1. The number of H-pyrrole nitrogens is 1. The van der Waals surface area contributed by atoms with Gasteiger partial charge in [0.25, 0.3) is 0 Å². The van der Waals surface area contributed by atoms with Crippen molar-refractivity contribution in [3.63, 3.8) is 0 Å². The lowest BCUT2D eigenvalue weighted by Crippen LogP contribution is -2.06. The van der Waals surface area contributed by atoms with Crippen LogP contribution in [-0.4, -0.2) is 32.7 Å². The van der Waals surface area contributed by atoms with E-state index in [0.717, 1.165) is 5.56 Å². The Balaban J connectivity index is 2.23. The van der Waals surface area contributed by atoms with Crippen LogP contribution in [0.4, 0.5) is 0 Å². The molecular weight excluding hydrogens is 208 g/mol. The molecule has 2 aromatic rings. The third-order valence-corrected chi connectivity index (χ3v) is 1.87. The van der Waals surface area contributed by atoms with Crippen molar-refractivity contribution in [2.75, 3.05) is 6.61 Å². The maximum absolute atomic E-state index is 11.3. The zero-order valence-corrected chi connectivity index (χ0v) is 8.67. The fourth-order valence-electron chi connectivity index (χ4n) is 1.18. The number of carbonyl (C=O) groups excluding carboxylic acids is 1. The summed E-state index contributed by atoms with van der Waals surface area (Å²) in [6.07, 6.45) is 3.28. The van der Waals surface area contributed by atoms with Crippen molar-refractivity contribution in [3.05, 3.63) is 30.4 Å². The molecule has 82 valence electrons. The first kappa shape index (κ1) is 10.3. The minimum atomic E-state index is -0.509. The van der Waals surface area contributed by atoms with E-state index in [1.165, 1.54) is 0 Å². The molecule has 0 fully saturated rings. The smallest absolute Gasteiger partial charge is 0.375 e. The van der Waals surface area contributed by atoms with E-state index in [-0.39, 0.29) is 5.82 Å². The van der Waals surface area contributed by atoms with Crippen LogP contribution < -0.4 is 0 Å². The molecule has 0 saturated heterocycles. The summed E-state index contributed by atoms with van der Waals surface area (Å²) in [7, 11) is 0. The third kappa shape index (κ3) is 2.05. The number of aromatic nitrogens is 4. The van der Waals surface area contributed by atoms with E-state index in [1.807, 2.05) is 6.07 Å². The molecule has 6 heteroatoms. The highest BCUT2D eigenvalue weighted by atomic mass is 16.5. The highest BCUT2D eigenvalue weighted by Crippen LogP contribution is 2.12. The van der Waals surface area contributed by atoms with Gasteiger partial charge in [-0.25, -0.2) is 9.78 Å². The lowest BCUT2D eigenvalue weighted by atomic mass is 10.3. The number of ether oxygens (including phenoxy) is 1. The van der Waals surface area contributed by atoms with Gasteiger partial charge in [-0.3, -0.25) is 10.1 Å². The van der Waals surface area contributed by atoms with Crippen molar-refractivity contribution in [3.8, 4) is 11.4 Å². The summed E-state index contributed by atoms with van der Waals surface area (Å²) < 4.78 is 4.79. The number of nitrogens with one attached hydrogen (secondary N) is 1. The van der Waals surface area contributed by atoms with Crippen molar-refractivity contribution in [1.29, 1.82) is 0 Å². The van der Waals surface area contributed by atoms with Gasteiger partial charge in [0.05, 0.1) is 6.61 Å². The first-order chi connectivity index (χ1) is 7.81. The van der Waals surface area contributed by atoms with Crippen LogP contribution in [0.2, 0.25) is 0 Å². The summed E-state index contributed by atoms with van der Waals surface area (Å²) >= 11 is 0. The zero-order valence-electron chi connectivity index (χ0n) is 8.67. The van der Waals surface area contributed by atoms with Gasteiger partial charge in [0.2, 0.25) is 5.82 Å². The summed E-state index contributed by atoms with van der Waals surface area (Å²) in [5, 5.41) is 6.44. The van der Waals surface area contributed by atoms with E-state index in [9.17, 15) is 4.79 Å². The molecule has 0 amide bonds. The molecule has 0 atom stereocenters. The summed E-state index contributed by atoms with van der Waals surface area (Å²) in [5.74, 6) is 0.0157. The summed E-state index contributed by atoms with van der Waals surface area (Å²) in [6, 6.07) is 3.58. The molecule has 2 heterocycles. The highest BCUT2D eigenvalue weighted by Gasteiger charge is 2.13. The van der Waals surface area contributed by atoms with Gasteiger partial charge in [0, 0.05) is 18.0 Å². The second-order valence-electron chi connectivity index (χ2n) is 2.97. The highest BCUT2D eigenvalue weighted by molar-refractivity contribution is 5.85. The Morgan fingerprint density at radius 2 is 2.44 bits per heavy atom. The zero-order chi connectivity index (χ0) is 11.4. The molecule has 1 N–H and O–H groups in total. The number of pyridine rings is 1. The van der Waals surface area contributed by atoms with E-state index in [1.54, 1.807) is 25.4 Å². The van der Waals surface area contributed by atoms with Crippen LogP contribution in [0.15, 0.2) is 24.5 Å². The predicted molar refractivity (Wildman–Crippen MR) is 55.6 cm³/mol. The minimum absolute atomic E-state index is 0.0979. The first-order valence-electron chi connectivity index (χ1n) is 4.81. The lowest BCUT2D eigenvalue weighted by molar-refractivity contribution is 0.0512. The molecule has 0 aliphatic carbocycles. The number of aromatic amines is 1. The quantitative estimate of drug-likeness (QED) is 0.778. The van der Waals surface area contributed by atoms with E-state index < -0.39 is 5.97 Å². The van der Waals surface area contributed by atoms with Gasteiger partial charge < -0.3 is 4.74 Å².